The van der Waals surface area contributed by atoms with Crippen molar-refractivity contribution in [2.45, 2.75) is 6.61 Å². The third-order valence-electron chi connectivity index (χ3n) is 2.52. The number of ether oxygens (including phenoxy) is 2. The van der Waals surface area contributed by atoms with Crippen molar-refractivity contribution >= 4 is 15.9 Å². The fourth-order valence-electron chi connectivity index (χ4n) is 1.60. The standard InChI is InChI=1S/C14H11BrN2O2/c1-18-13-6-2-5-11(15)14(13)19-9-10-4-3-7-17-12(10)8-16/h2-7H,9H2,1H3. The largest absolute Gasteiger partial charge is 0.493 e. The van der Waals surface area contributed by atoms with Crippen LogP contribution in [0.15, 0.2) is 41.0 Å². The van der Waals surface area contributed by atoms with Crippen LogP contribution in [0.1, 0.15) is 11.3 Å². The average Bonchev–Trinajstić information content (AvgIpc) is 2.46. The van der Waals surface area contributed by atoms with Crippen molar-refractivity contribution < 1.29 is 9.47 Å². The van der Waals surface area contributed by atoms with Crippen molar-refractivity contribution in [1.29, 1.82) is 5.26 Å². The van der Waals surface area contributed by atoms with Crippen molar-refractivity contribution in [3.63, 3.8) is 0 Å². The number of hydrogen-bond donors (Lipinski definition) is 0. The fraction of sp³-hybridized carbons (Fsp3) is 0.143. The zero-order chi connectivity index (χ0) is 13.7. The van der Waals surface area contributed by atoms with Crippen molar-refractivity contribution in [3.8, 4) is 17.6 Å². The van der Waals surface area contributed by atoms with E-state index in [0.717, 1.165) is 10.0 Å². The van der Waals surface area contributed by atoms with Crippen LogP contribution in [-0.4, -0.2) is 12.1 Å². The normalized spacial score (nSPS) is 9.74. The van der Waals surface area contributed by atoms with E-state index in [-0.39, 0.29) is 6.61 Å². The maximum absolute atomic E-state index is 8.97. The third kappa shape index (κ3) is 3.04. The molecule has 0 spiro atoms. The van der Waals surface area contributed by atoms with Gasteiger partial charge >= 0.3 is 0 Å². The molecule has 0 radical (unpaired) electrons. The highest BCUT2D eigenvalue weighted by Crippen LogP contribution is 2.35. The minimum atomic E-state index is 0.260. The summed E-state index contributed by atoms with van der Waals surface area (Å²) in [5, 5.41) is 8.97. The van der Waals surface area contributed by atoms with E-state index in [9.17, 15) is 0 Å². The Bertz CT molecular complexity index is 623. The zero-order valence-electron chi connectivity index (χ0n) is 10.3. The number of aromatic nitrogens is 1. The Labute approximate surface area is 119 Å². The van der Waals surface area contributed by atoms with Crippen molar-refractivity contribution in [2.75, 3.05) is 7.11 Å². The lowest BCUT2D eigenvalue weighted by Crippen LogP contribution is -2.01. The van der Waals surface area contributed by atoms with Gasteiger partial charge in [0.1, 0.15) is 18.4 Å². The molecule has 0 atom stereocenters. The summed E-state index contributed by atoms with van der Waals surface area (Å²) >= 11 is 3.41. The van der Waals surface area contributed by atoms with Gasteiger partial charge in [0.05, 0.1) is 11.6 Å². The van der Waals surface area contributed by atoms with Crippen molar-refractivity contribution in [2.24, 2.45) is 0 Å². The molecule has 0 amide bonds. The number of para-hydroxylation sites is 1. The van der Waals surface area contributed by atoms with Gasteiger partial charge in [-0.1, -0.05) is 12.1 Å². The van der Waals surface area contributed by atoms with Crippen LogP contribution < -0.4 is 9.47 Å². The summed E-state index contributed by atoms with van der Waals surface area (Å²) in [4.78, 5) is 3.99. The van der Waals surface area contributed by atoms with Gasteiger partial charge in [-0.15, -0.1) is 0 Å². The molecule has 0 unspecified atom stereocenters. The van der Waals surface area contributed by atoms with Crippen LogP contribution in [0.4, 0.5) is 0 Å². The molecule has 0 aliphatic carbocycles. The van der Waals surface area contributed by atoms with Gasteiger partial charge in [0.15, 0.2) is 11.5 Å². The van der Waals surface area contributed by atoms with Crippen LogP contribution in [0, 0.1) is 11.3 Å². The van der Waals surface area contributed by atoms with E-state index in [0.29, 0.717) is 17.2 Å². The minimum absolute atomic E-state index is 0.260. The van der Waals surface area contributed by atoms with E-state index in [2.05, 4.69) is 20.9 Å². The summed E-state index contributed by atoms with van der Waals surface area (Å²) in [5.74, 6) is 1.24. The third-order valence-corrected chi connectivity index (χ3v) is 3.14. The Hall–Kier alpha value is -2.06. The Balaban J connectivity index is 2.22. The molecule has 0 saturated heterocycles. The van der Waals surface area contributed by atoms with Crippen molar-refractivity contribution in [3.05, 3.63) is 52.3 Å². The molecule has 0 aliphatic rings. The smallest absolute Gasteiger partial charge is 0.175 e. The Morgan fingerprint density at radius 3 is 2.89 bits per heavy atom. The van der Waals surface area contributed by atoms with Crippen LogP contribution >= 0.6 is 15.9 Å². The first-order chi connectivity index (χ1) is 9.26. The lowest BCUT2D eigenvalue weighted by atomic mass is 10.2. The molecular formula is C14H11BrN2O2. The average molecular weight is 319 g/mol. The molecule has 0 fully saturated rings. The molecule has 2 rings (SSSR count). The highest BCUT2D eigenvalue weighted by molar-refractivity contribution is 9.10. The highest BCUT2D eigenvalue weighted by Gasteiger charge is 2.10. The Morgan fingerprint density at radius 1 is 1.32 bits per heavy atom. The molecule has 5 heteroatoms. The summed E-state index contributed by atoms with van der Waals surface area (Å²) in [7, 11) is 1.58. The summed E-state index contributed by atoms with van der Waals surface area (Å²) < 4.78 is 11.8. The number of nitriles is 1. The number of pyridine rings is 1. The molecule has 1 aromatic carbocycles. The Kier molecular flexibility index (Phi) is 4.37. The number of benzene rings is 1. The second kappa shape index (κ2) is 6.21. The van der Waals surface area contributed by atoms with Crippen LogP contribution in [0.25, 0.3) is 0 Å². The molecule has 1 aromatic heterocycles. The summed E-state index contributed by atoms with van der Waals surface area (Å²) in [5.41, 5.74) is 1.11. The van der Waals surface area contributed by atoms with Crippen molar-refractivity contribution in [1.82, 2.24) is 4.98 Å². The van der Waals surface area contributed by atoms with E-state index in [1.165, 1.54) is 0 Å². The topological polar surface area (TPSA) is 55.1 Å². The number of methoxy groups -OCH3 is 1. The number of halogens is 1. The van der Waals surface area contributed by atoms with Gasteiger partial charge in [0.2, 0.25) is 0 Å². The van der Waals surface area contributed by atoms with E-state index in [1.54, 1.807) is 19.4 Å². The number of nitrogens with zero attached hydrogens (tertiary/aromatic N) is 2. The summed E-state index contributed by atoms with van der Waals surface area (Å²) in [6, 6.07) is 11.2. The van der Waals surface area contributed by atoms with Gasteiger partial charge in [-0.05, 0) is 34.1 Å². The van der Waals surface area contributed by atoms with Crippen LogP contribution in [0.3, 0.4) is 0 Å². The molecule has 19 heavy (non-hydrogen) atoms. The first-order valence-electron chi connectivity index (χ1n) is 5.55. The first kappa shape index (κ1) is 13.4. The first-order valence-corrected chi connectivity index (χ1v) is 6.35. The molecule has 0 saturated carbocycles. The molecule has 0 N–H and O–H groups in total. The van der Waals surface area contributed by atoms with Gasteiger partial charge in [-0.3, -0.25) is 0 Å². The Morgan fingerprint density at radius 2 is 2.16 bits per heavy atom. The highest BCUT2D eigenvalue weighted by atomic mass is 79.9. The van der Waals surface area contributed by atoms with Crippen LogP contribution in [0.5, 0.6) is 11.5 Å². The van der Waals surface area contributed by atoms with E-state index in [1.807, 2.05) is 30.3 Å². The molecule has 4 nitrogen and oxygen atoms in total. The lowest BCUT2D eigenvalue weighted by Gasteiger charge is -2.12. The molecule has 2 aromatic rings. The quantitative estimate of drug-likeness (QED) is 0.867. The van der Waals surface area contributed by atoms with Gasteiger partial charge in [-0.25, -0.2) is 4.98 Å². The van der Waals surface area contributed by atoms with Gasteiger partial charge < -0.3 is 9.47 Å². The second-order valence-electron chi connectivity index (χ2n) is 3.68. The maximum Gasteiger partial charge on any atom is 0.175 e. The molecule has 1 heterocycles. The minimum Gasteiger partial charge on any atom is -0.493 e. The molecular weight excluding hydrogens is 308 g/mol. The van der Waals surface area contributed by atoms with Gasteiger partial charge in [0, 0.05) is 11.8 Å². The van der Waals surface area contributed by atoms with Gasteiger partial charge in [0.25, 0.3) is 0 Å². The maximum atomic E-state index is 8.97. The number of hydrogen-bond acceptors (Lipinski definition) is 4. The number of rotatable bonds is 4. The monoisotopic (exact) mass is 318 g/mol. The predicted octanol–water partition coefficient (Wildman–Crippen LogP) is 3.30. The zero-order valence-corrected chi connectivity index (χ0v) is 11.8. The molecule has 96 valence electrons. The van der Waals surface area contributed by atoms with E-state index in [4.69, 9.17) is 14.7 Å². The summed E-state index contributed by atoms with van der Waals surface area (Å²) in [6.07, 6.45) is 1.58. The fourth-order valence-corrected chi connectivity index (χ4v) is 2.06. The van der Waals surface area contributed by atoms with Gasteiger partial charge in [-0.2, -0.15) is 5.26 Å². The van der Waals surface area contributed by atoms with Crippen LogP contribution in [-0.2, 0) is 6.61 Å². The molecule has 0 aliphatic heterocycles. The molecule has 0 bridgehead atoms. The second-order valence-corrected chi connectivity index (χ2v) is 4.54. The van der Waals surface area contributed by atoms with E-state index < -0.39 is 0 Å². The lowest BCUT2D eigenvalue weighted by molar-refractivity contribution is 0.282. The SMILES string of the molecule is COc1cccc(Br)c1OCc1cccnc1C#N. The predicted molar refractivity (Wildman–Crippen MR) is 74.0 cm³/mol. The summed E-state index contributed by atoms with van der Waals surface area (Å²) in [6.45, 7) is 0.260. The van der Waals surface area contributed by atoms with E-state index >= 15 is 0 Å². The van der Waals surface area contributed by atoms with Crippen LogP contribution in [0.2, 0.25) is 0 Å².